The fourth-order valence-electron chi connectivity index (χ4n) is 5.67. The number of likely N-dealkylation sites (tertiary alicyclic amines) is 1. The molecule has 10 nitrogen and oxygen atoms in total. The van der Waals surface area contributed by atoms with Crippen molar-refractivity contribution in [3.63, 3.8) is 0 Å². The molecule has 0 spiro atoms. The van der Waals surface area contributed by atoms with E-state index < -0.39 is 10.0 Å². The minimum atomic E-state index is -3.67. The predicted octanol–water partition coefficient (Wildman–Crippen LogP) is 5.42. The molecule has 2 aromatic carbocycles. The summed E-state index contributed by atoms with van der Waals surface area (Å²) in [6.45, 7) is 6.51. The van der Waals surface area contributed by atoms with Crippen molar-refractivity contribution < 1.29 is 13.2 Å². The molecule has 0 radical (unpaired) electrons. The lowest BCUT2D eigenvalue weighted by Crippen LogP contribution is -2.50. The summed E-state index contributed by atoms with van der Waals surface area (Å²) < 4.78 is 33.1. The second-order valence-corrected chi connectivity index (χ2v) is 14.0. The number of sulfonamides is 1. The Morgan fingerprint density at radius 3 is 2.48 bits per heavy atom. The first-order chi connectivity index (χ1) is 20.2. The summed E-state index contributed by atoms with van der Waals surface area (Å²) in [4.78, 5) is 15.6. The number of nitrogens with one attached hydrogen (secondary N) is 2. The van der Waals surface area contributed by atoms with E-state index in [9.17, 15) is 8.42 Å². The molecule has 0 unspecified atom stereocenters. The normalized spacial score (nSPS) is 16.5. The third-order valence-corrected chi connectivity index (χ3v) is 11.0. The number of para-hydroxylation sites is 1. The third-order valence-electron chi connectivity index (χ3n) is 8.16. The van der Waals surface area contributed by atoms with Crippen molar-refractivity contribution in [1.82, 2.24) is 19.2 Å². The van der Waals surface area contributed by atoms with Crippen molar-refractivity contribution in [1.29, 1.82) is 0 Å². The molecule has 222 valence electrons. The summed E-state index contributed by atoms with van der Waals surface area (Å²) >= 11 is 1.52. The van der Waals surface area contributed by atoms with Crippen molar-refractivity contribution in [3.05, 3.63) is 53.4 Å². The van der Waals surface area contributed by atoms with Gasteiger partial charge in [0.25, 0.3) is 0 Å². The third kappa shape index (κ3) is 5.51. The molecule has 42 heavy (non-hydrogen) atoms. The van der Waals surface area contributed by atoms with Gasteiger partial charge >= 0.3 is 0 Å². The monoisotopic (exact) mass is 607 g/mol. The predicted molar refractivity (Wildman–Crippen MR) is 170 cm³/mol. The van der Waals surface area contributed by atoms with E-state index in [0.29, 0.717) is 23.5 Å². The molecule has 4 heterocycles. The lowest BCUT2D eigenvalue weighted by atomic mass is 9.99. The zero-order valence-electron chi connectivity index (χ0n) is 24.4. The minimum absolute atomic E-state index is 0.179. The summed E-state index contributed by atoms with van der Waals surface area (Å²) in [6.07, 6.45) is 3.67. The number of benzene rings is 2. The maximum absolute atomic E-state index is 13.0. The number of ether oxygens (including phenoxy) is 1. The number of fused-ring (bicyclic) bond motifs is 1. The second kappa shape index (κ2) is 11.7. The molecule has 0 bridgehead atoms. The number of rotatable bonds is 9. The molecule has 0 atom stereocenters. The van der Waals surface area contributed by atoms with Crippen molar-refractivity contribution in [2.24, 2.45) is 0 Å². The molecule has 2 aliphatic heterocycles. The van der Waals surface area contributed by atoms with E-state index in [2.05, 4.69) is 26.5 Å². The van der Waals surface area contributed by atoms with Crippen LogP contribution in [0.25, 0.3) is 10.2 Å². The Morgan fingerprint density at radius 1 is 1.02 bits per heavy atom. The Labute approximate surface area is 251 Å². The van der Waals surface area contributed by atoms with Crippen LogP contribution in [0.5, 0.6) is 5.75 Å². The SMILES string of the molecule is COc1cc(Nc2nc(Nc3ccccc3S(=O)(=O)N(C)C)c3c(C)csc3n2)ccc1N1CCC(N2CCC2)CC1. The molecule has 2 aromatic heterocycles. The van der Waals surface area contributed by atoms with E-state index in [-0.39, 0.29) is 4.90 Å². The van der Waals surface area contributed by atoms with Crippen LogP contribution in [-0.4, -0.2) is 81.0 Å². The van der Waals surface area contributed by atoms with Crippen LogP contribution in [0.4, 0.5) is 28.8 Å². The average molecular weight is 608 g/mol. The van der Waals surface area contributed by atoms with Crippen molar-refractivity contribution in [2.45, 2.75) is 37.1 Å². The highest BCUT2D eigenvalue weighted by atomic mass is 32.2. The molecule has 2 saturated heterocycles. The van der Waals surface area contributed by atoms with Gasteiger partial charge in [-0.1, -0.05) is 12.1 Å². The molecule has 0 aliphatic carbocycles. The lowest BCUT2D eigenvalue weighted by Gasteiger charge is -2.43. The summed E-state index contributed by atoms with van der Waals surface area (Å²) in [7, 11) is 1.08. The number of anilines is 5. The average Bonchev–Trinajstić information content (AvgIpc) is 3.33. The molecular weight excluding hydrogens is 571 g/mol. The molecule has 0 amide bonds. The number of hydrogen-bond acceptors (Lipinski definition) is 10. The van der Waals surface area contributed by atoms with Crippen LogP contribution < -0.4 is 20.3 Å². The van der Waals surface area contributed by atoms with Gasteiger partial charge in [-0.3, -0.25) is 0 Å². The molecule has 2 N–H and O–H groups in total. The largest absolute Gasteiger partial charge is 0.495 e. The van der Waals surface area contributed by atoms with Gasteiger partial charge < -0.3 is 25.2 Å². The first kappa shape index (κ1) is 28.7. The Balaban J connectivity index is 1.27. The summed E-state index contributed by atoms with van der Waals surface area (Å²) in [5.41, 5.74) is 3.37. The number of piperidine rings is 1. The fraction of sp³-hybridized carbons (Fsp3) is 0.400. The zero-order chi connectivity index (χ0) is 29.4. The molecule has 6 rings (SSSR count). The standard InChI is InChI=1S/C30H37N7O3S2/c1-20-19-41-29-27(20)28(32-23-8-5-6-9-26(23)42(38,39)35(2)3)33-30(34-29)31-21-10-11-24(25(18-21)40-4)37-16-12-22(13-17-37)36-14-7-15-36/h5-6,8-11,18-19,22H,7,12-17H2,1-4H3,(H2,31,32,33,34). The maximum atomic E-state index is 13.0. The first-order valence-corrected chi connectivity index (χ1v) is 16.5. The quantitative estimate of drug-likeness (QED) is 0.258. The maximum Gasteiger partial charge on any atom is 0.244 e. The van der Waals surface area contributed by atoms with Gasteiger partial charge in [0.15, 0.2) is 0 Å². The van der Waals surface area contributed by atoms with E-state index in [1.807, 2.05) is 24.4 Å². The van der Waals surface area contributed by atoms with Gasteiger partial charge in [-0.25, -0.2) is 17.7 Å². The Morgan fingerprint density at radius 2 is 1.79 bits per heavy atom. The second-order valence-electron chi connectivity index (χ2n) is 11.0. The Bertz CT molecular complexity index is 1690. The molecule has 2 fully saturated rings. The van der Waals surface area contributed by atoms with E-state index >= 15 is 0 Å². The van der Waals surface area contributed by atoms with Gasteiger partial charge in [0.2, 0.25) is 16.0 Å². The van der Waals surface area contributed by atoms with Crippen molar-refractivity contribution in [2.75, 3.05) is 62.9 Å². The number of nitrogens with zero attached hydrogens (tertiary/aromatic N) is 5. The lowest BCUT2D eigenvalue weighted by molar-refractivity contribution is 0.100. The minimum Gasteiger partial charge on any atom is -0.495 e. The van der Waals surface area contributed by atoms with Gasteiger partial charge in [-0.2, -0.15) is 4.98 Å². The highest BCUT2D eigenvalue weighted by Crippen LogP contribution is 2.37. The van der Waals surface area contributed by atoms with Crippen LogP contribution in [0.2, 0.25) is 0 Å². The number of thiophene rings is 1. The van der Waals surface area contributed by atoms with Gasteiger partial charge in [0.1, 0.15) is 21.3 Å². The van der Waals surface area contributed by atoms with Gasteiger partial charge in [-0.05, 0) is 74.5 Å². The smallest absolute Gasteiger partial charge is 0.244 e. The van der Waals surface area contributed by atoms with E-state index in [1.54, 1.807) is 31.4 Å². The van der Waals surface area contributed by atoms with Gasteiger partial charge in [-0.15, -0.1) is 11.3 Å². The van der Waals surface area contributed by atoms with Gasteiger partial charge in [0.05, 0.1) is 23.9 Å². The topological polar surface area (TPSA) is 103 Å². The summed E-state index contributed by atoms with van der Waals surface area (Å²) in [5, 5.41) is 9.53. The number of hydrogen-bond donors (Lipinski definition) is 2. The van der Waals surface area contributed by atoms with Crippen LogP contribution in [0.1, 0.15) is 24.8 Å². The Hall–Kier alpha value is -3.45. The van der Waals surface area contributed by atoms with E-state index in [4.69, 9.17) is 14.7 Å². The molecule has 4 aromatic rings. The molecule has 0 saturated carbocycles. The summed E-state index contributed by atoms with van der Waals surface area (Å²) in [6, 6.07) is 13.7. The Kier molecular flexibility index (Phi) is 7.97. The molecule has 2 aliphatic rings. The number of methoxy groups -OCH3 is 1. The van der Waals surface area contributed by atoms with Crippen LogP contribution in [-0.2, 0) is 10.0 Å². The van der Waals surface area contributed by atoms with Gasteiger partial charge in [0, 0.05) is 45.0 Å². The van der Waals surface area contributed by atoms with Crippen LogP contribution in [0, 0.1) is 6.92 Å². The molecular formula is C30H37N7O3S2. The van der Waals surface area contributed by atoms with Crippen molar-refractivity contribution >= 4 is 60.4 Å². The van der Waals surface area contributed by atoms with Crippen LogP contribution >= 0.6 is 11.3 Å². The van der Waals surface area contributed by atoms with Crippen LogP contribution in [0.15, 0.2) is 52.7 Å². The fourth-order valence-corrected chi connectivity index (χ4v) is 7.63. The summed E-state index contributed by atoms with van der Waals surface area (Å²) in [5.74, 6) is 1.75. The number of aromatic nitrogens is 2. The van der Waals surface area contributed by atoms with Crippen LogP contribution in [0.3, 0.4) is 0 Å². The van der Waals surface area contributed by atoms with Crippen molar-refractivity contribution in [3.8, 4) is 5.75 Å². The number of aryl methyl sites for hydroxylation is 1. The highest BCUT2D eigenvalue weighted by molar-refractivity contribution is 7.89. The van der Waals surface area contributed by atoms with E-state index in [0.717, 1.165) is 46.0 Å². The highest BCUT2D eigenvalue weighted by Gasteiger charge is 2.29. The van der Waals surface area contributed by atoms with E-state index in [1.165, 1.54) is 62.1 Å². The molecule has 12 heteroatoms. The first-order valence-electron chi connectivity index (χ1n) is 14.2. The zero-order valence-corrected chi connectivity index (χ0v) is 26.1.